The number of hydrogen-bond acceptors (Lipinski definition) is 3. The Morgan fingerprint density at radius 1 is 1.13 bits per heavy atom. The molecule has 2 amide bonds. The quantitative estimate of drug-likeness (QED) is 0.712. The van der Waals surface area contributed by atoms with Crippen molar-refractivity contribution in [2.24, 2.45) is 11.7 Å². The molecule has 0 aromatic heterocycles. The van der Waals surface area contributed by atoms with E-state index in [1.54, 1.807) is 24.3 Å². The lowest BCUT2D eigenvalue weighted by Gasteiger charge is -2.26. The first-order valence-corrected chi connectivity index (χ1v) is 7.79. The molecule has 0 heterocycles. The molecule has 4 N–H and O–H groups in total. The molecule has 130 valence electrons. The summed E-state index contributed by atoms with van der Waals surface area (Å²) in [5.74, 6) is -0.279. The summed E-state index contributed by atoms with van der Waals surface area (Å²) in [4.78, 5) is 23.7. The maximum Gasteiger partial charge on any atom is 0.251 e. The summed E-state index contributed by atoms with van der Waals surface area (Å²) < 4.78 is 0. The fraction of sp³-hybridized carbons (Fsp3) is 0.529. The SMILES string of the molecule is CCC(N)(CC)CNC(=O)c1ccc(NC(=O)C(C)C)cc1.Cl. The first kappa shape index (κ1) is 21.4. The second-order valence-electron chi connectivity index (χ2n) is 5.97. The van der Waals surface area contributed by atoms with Crippen LogP contribution in [-0.4, -0.2) is 23.9 Å². The van der Waals surface area contributed by atoms with Crippen molar-refractivity contribution in [3.63, 3.8) is 0 Å². The van der Waals surface area contributed by atoms with Gasteiger partial charge in [0.2, 0.25) is 5.91 Å². The van der Waals surface area contributed by atoms with Gasteiger partial charge in [0.25, 0.3) is 5.91 Å². The van der Waals surface area contributed by atoms with E-state index in [-0.39, 0.29) is 35.7 Å². The second-order valence-corrected chi connectivity index (χ2v) is 5.97. The maximum absolute atomic E-state index is 12.1. The highest BCUT2D eigenvalue weighted by Crippen LogP contribution is 2.12. The number of rotatable bonds is 7. The Labute approximate surface area is 144 Å². The lowest BCUT2D eigenvalue weighted by atomic mass is 9.94. The fourth-order valence-corrected chi connectivity index (χ4v) is 1.85. The van der Waals surface area contributed by atoms with Crippen LogP contribution in [0.2, 0.25) is 0 Å². The van der Waals surface area contributed by atoms with E-state index in [4.69, 9.17) is 5.73 Å². The molecule has 0 atom stereocenters. The molecule has 5 nitrogen and oxygen atoms in total. The summed E-state index contributed by atoms with van der Waals surface area (Å²) in [6, 6.07) is 6.85. The average molecular weight is 342 g/mol. The minimum atomic E-state index is -0.360. The number of benzene rings is 1. The monoisotopic (exact) mass is 341 g/mol. The van der Waals surface area contributed by atoms with E-state index < -0.39 is 0 Å². The van der Waals surface area contributed by atoms with E-state index in [0.29, 0.717) is 17.8 Å². The van der Waals surface area contributed by atoms with E-state index in [1.165, 1.54) is 0 Å². The van der Waals surface area contributed by atoms with Crippen LogP contribution in [0.15, 0.2) is 24.3 Å². The zero-order valence-corrected chi connectivity index (χ0v) is 15.1. The van der Waals surface area contributed by atoms with Crippen LogP contribution < -0.4 is 16.4 Å². The van der Waals surface area contributed by atoms with Crippen LogP contribution in [0.25, 0.3) is 0 Å². The molecule has 0 fully saturated rings. The largest absolute Gasteiger partial charge is 0.350 e. The van der Waals surface area contributed by atoms with Gasteiger partial charge in [0.05, 0.1) is 0 Å². The molecular weight excluding hydrogens is 314 g/mol. The summed E-state index contributed by atoms with van der Waals surface area (Å²) >= 11 is 0. The number of nitrogens with one attached hydrogen (secondary N) is 2. The van der Waals surface area contributed by atoms with Crippen molar-refractivity contribution in [1.82, 2.24) is 5.32 Å². The van der Waals surface area contributed by atoms with Gasteiger partial charge in [-0.2, -0.15) is 0 Å². The third-order valence-corrected chi connectivity index (χ3v) is 3.95. The van der Waals surface area contributed by atoms with Crippen LogP contribution in [0.1, 0.15) is 50.9 Å². The van der Waals surface area contributed by atoms with Crippen molar-refractivity contribution in [1.29, 1.82) is 0 Å². The Kier molecular flexibility index (Phi) is 8.87. The Morgan fingerprint density at radius 2 is 1.65 bits per heavy atom. The van der Waals surface area contributed by atoms with Crippen molar-refractivity contribution >= 4 is 29.9 Å². The van der Waals surface area contributed by atoms with Crippen LogP contribution in [-0.2, 0) is 4.79 Å². The van der Waals surface area contributed by atoms with Gasteiger partial charge < -0.3 is 16.4 Å². The normalized spacial score (nSPS) is 10.9. The smallest absolute Gasteiger partial charge is 0.251 e. The molecule has 23 heavy (non-hydrogen) atoms. The van der Waals surface area contributed by atoms with Crippen molar-refractivity contribution in [3.8, 4) is 0 Å². The van der Waals surface area contributed by atoms with Gasteiger partial charge in [-0.15, -0.1) is 12.4 Å². The van der Waals surface area contributed by atoms with Gasteiger partial charge in [-0.3, -0.25) is 9.59 Å². The van der Waals surface area contributed by atoms with E-state index in [2.05, 4.69) is 10.6 Å². The molecule has 6 heteroatoms. The Bertz CT molecular complexity index is 511. The molecule has 1 aromatic rings. The van der Waals surface area contributed by atoms with E-state index in [1.807, 2.05) is 27.7 Å². The topological polar surface area (TPSA) is 84.2 Å². The van der Waals surface area contributed by atoms with Crippen molar-refractivity contribution < 1.29 is 9.59 Å². The van der Waals surface area contributed by atoms with Gasteiger partial charge in [0, 0.05) is 29.3 Å². The van der Waals surface area contributed by atoms with Crippen LogP contribution in [0.4, 0.5) is 5.69 Å². The third-order valence-electron chi connectivity index (χ3n) is 3.95. The first-order valence-electron chi connectivity index (χ1n) is 7.79. The predicted molar refractivity (Wildman–Crippen MR) is 97.0 cm³/mol. The molecule has 1 rings (SSSR count). The van der Waals surface area contributed by atoms with Crippen molar-refractivity contribution in [3.05, 3.63) is 29.8 Å². The molecular formula is C17H28ClN3O2. The number of anilines is 1. The number of carbonyl (C=O) groups is 2. The van der Waals surface area contributed by atoms with Gasteiger partial charge >= 0.3 is 0 Å². The van der Waals surface area contributed by atoms with Gasteiger partial charge in [0.1, 0.15) is 0 Å². The Morgan fingerprint density at radius 3 is 2.09 bits per heavy atom. The summed E-state index contributed by atoms with van der Waals surface area (Å²) in [5, 5.41) is 5.66. The van der Waals surface area contributed by atoms with E-state index in [0.717, 1.165) is 12.8 Å². The van der Waals surface area contributed by atoms with E-state index >= 15 is 0 Å². The van der Waals surface area contributed by atoms with Gasteiger partial charge in [-0.1, -0.05) is 27.7 Å². The Hall–Kier alpha value is -1.59. The zero-order valence-electron chi connectivity index (χ0n) is 14.3. The molecule has 1 aromatic carbocycles. The molecule has 0 radical (unpaired) electrons. The minimum absolute atomic E-state index is 0. The summed E-state index contributed by atoms with van der Waals surface area (Å²) in [5.41, 5.74) is 7.05. The molecule has 0 saturated carbocycles. The summed E-state index contributed by atoms with van der Waals surface area (Å²) in [6.07, 6.45) is 1.62. The van der Waals surface area contributed by atoms with Crippen LogP contribution in [0.5, 0.6) is 0 Å². The number of carbonyl (C=O) groups excluding carboxylic acids is 2. The zero-order chi connectivity index (χ0) is 16.8. The number of amides is 2. The highest BCUT2D eigenvalue weighted by atomic mass is 35.5. The molecule has 0 aliphatic carbocycles. The molecule has 0 bridgehead atoms. The first-order chi connectivity index (χ1) is 10.3. The van der Waals surface area contributed by atoms with Crippen molar-refractivity contribution in [2.75, 3.05) is 11.9 Å². The standard InChI is InChI=1S/C17H27N3O2.ClH/c1-5-17(18,6-2)11-19-16(22)13-7-9-14(10-8-13)20-15(21)12(3)4;/h7-10,12H,5-6,11,18H2,1-4H3,(H,19,22)(H,20,21);1H. The Balaban J connectivity index is 0.00000484. The number of nitrogens with two attached hydrogens (primary N) is 1. The third kappa shape index (κ3) is 6.59. The summed E-state index contributed by atoms with van der Waals surface area (Å²) in [7, 11) is 0. The van der Waals surface area contributed by atoms with Gasteiger partial charge in [-0.25, -0.2) is 0 Å². The molecule has 0 unspecified atom stereocenters. The second kappa shape index (κ2) is 9.53. The molecule has 0 aliphatic rings. The lowest BCUT2D eigenvalue weighted by Crippen LogP contribution is -2.49. The highest BCUT2D eigenvalue weighted by Gasteiger charge is 2.21. The van der Waals surface area contributed by atoms with Gasteiger partial charge in [-0.05, 0) is 37.1 Å². The van der Waals surface area contributed by atoms with Gasteiger partial charge in [0.15, 0.2) is 0 Å². The maximum atomic E-state index is 12.1. The molecule has 0 saturated heterocycles. The van der Waals surface area contributed by atoms with Crippen LogP contribution in [0.3, 0.4) is 0 Å². The molecule has 0 aliphatic heterocycles. The molecule has 0 spiro atoms. The highest BCUT2D eigenvalue weighted by molar-refractivity contribution is 5.96. The fourth-order valence-electron chi connectivity index (χ4n) is 1.85. The van der Waals surface area contributed by atoms with Crippen molar-refractivity contribution in [2.45, 2.75) is 46.1 Å². The van der Waals surface area contributed by atoms with Crippen LogP contribution >= 0.6 is 12.4 Å². The average Bonchev–Trinajstić information content (AvgIpc) is 2.52. The van der Waals surface area contributed by atoms with Crippen LogP contribution in [0, 0.1) is 5.92 Å². The number of hydrogen-bond donors (Lipinski definition) is 3. The van der Waals surface area contributed by atoms with E-state index in [9.17, 15) is 9.59 Å². The minimum Gasteiger partial charge on any atom is -0.350 e. The lowest BCUT2D eigenvalue weighted by molar-refractivity contribution is -0.118. The number of halogens is 1. The summed E-state index contributed by atoms with van der Waals surface area (Å²) in [6.45, 7) is 8.14. The predicted octanol–water partition coefficient (Wildman–Crippen LogP) is 2.95.